The summed E-state index contributed by atoms with van der Waals surface area (Å²) in [5.41, 5.74) is 0.935. The Morgan fingerprint density at radius 2 is 1.53 bits per heavy atom. The van der Waals surface area contributed by atoms with Crippen LogP contribution in [-0.4, -0.2) is 36.2 Å². The number of hydrogen-bond acceptors (Lipinski definition) is 4. The zero-order chi connectivity index (χ0) is 21.4. The van der Waals surface area contributed by atoms with Gasteiger partial charge in [-0.25, -0.2) is 9.59 Å². The van der Waals surface area contributed by atoms with Crippen molar-refractivity contribution in [3.05, 3.63) is 35.9 Å². The second kappa shape index (κ2) is 14.9. The van der Waals surface area contributed by atoms with Gasteiger partial charge in [-0.3, -0.25) is 4.90 Å². The van der Waals surface area contributed by atoms with Crippen molar-refractivity contribution >= 4 is 12.1 Å². The molecule has 0 radical (unpaired) electrons. The fourth-order valence-electron chi connectivity index (χ4n) is 3.89. The Balaban J connectivity index is 1.55. The third-order valence-corrected chi connectivity index (χ3v) is 5.71. The molecule has 1 aliphatic rings. The minimum Gasteiger partial charge on any atom is -0.464 e. The molecule has 5 nitrogen and oxygen atoms in total. The first kappa shape index (κ1) is 24.2. The van der Waals surface area contributed by atoms with E-state index in [9.17, 15) is 9.59 Å². The number of nitrogens with zero attached hydrogens (tertiary/aromatic N) is 1. The summed E-state index contributed by atoms with van der Waals surface area (Å²) in [7, 11) is 0. The Kier molecular flexibility index (Phi) is 12.0. The zero-order valence-corrected chi connectivity index (χ0v) is 18.7. The summed E-state index contributed by atoms with van der Waals surface area (Å²) < 4.78 is 10.8. The molecular weight excluding hydrogens is 378 g/mol. The van der Waals surface area contributed by atoms with E-state index in [1.165, 1.54) is 56.3 Å². The highest BCUT2D eigenvalue weighted by Crippen LogP contribution is 2.20. The van der Waals surface area contributed by atoms with Crippen molar-refractivity contribution in [2.45, 2.75) is 96.6 Å². The molecule has 2 rings (SSSR count). The van der Waals surface area contributed by atoms with Crippen LogP contribution in [-0.2, 0) is 20.9 Å². The molecule has 1 amide bonds. The van der Waals surface area contributed by atoms with Crippen LogP contribution in [0.5, 0.6) is 0 Å². The van der Waals surface area contributed by atoms with Gasteiger partial charge in [-0.05, 0) is 24.8 Å². The summed E-state index contributed by atoms with van der Waals surface area (Å²) in [5, 5.41) is 0. The van der Waals surface area contributed by atoms with E-state index in [0.29, 0.717) is 19.6 Å². The Bertz CT molecular complexity index is 604. The number of rotatable bonds is 14. The van der Waals surface area contributed by atoms with Crippen LogP contribution in [0.15, 0.2) is 30.3 Å². The summed E-state index contributed by atoms with van der Waals surface area (Å²) >= 11 is 0. The van der Waals surface area contributed by atoms with Crippen molar-refractivity contribution in [3.63, 3.8) is 0 Å². The van der Waals surface area contributed by atoms with Crippen LogP contribution in [0.25, 0.3) is 0 Å². The quantitative estimate of drug-likeness (QED) is 0.265. The second-order valence-electron chi connectivity index (χ2n) is 8.24. The normalized spacial score (nSPS) is 15.9. The van der Waals surface area contributed by atoms with Crippen molar-refractivity contribution in [2.75, 3.05) is 13.2 Å². The fourth-order valence-corrected chi connectivity index (χ4v) is 3.89. The van der Waals surface area contributed by atoms with Gasteiger partial charge in [-0.15, -0.1) is 0 Å². The van der Waals surface area contributed by atoms with Gasteiger partial charge in [0, 0.05) is 6.54 Å². The lowest BCUT2D eigenvalue weighted by Gasteiger charge is -2.22. The fraction of sp³-hybridized carbons (Fsp3) is 0.680. The Labute approximate surface area is 182 Å². The predicted molar refractivity (Wildman–Crippen MR) is 119 cm³/mol. The molecule has 1 saturated heterocycles. The Morgan fingerprint density at radius 3 is 2.20 bits per heavy atom. The average molecular weight is 418 g/mol. The summed E-state index contributed by atoms with van der Waals surface area (Å²) in [5.74, 6) is -0.292. The highest BCUT2D eigenvalue weighted by molar-refractivity contribution is 5.82. The molecule has 30 heavy (non-hydrogen) atoms. The summed E-state index contributed by atoms with van der Waals surface area (Å²) in [6.07, 6.45) is 13.5. The number of carbonyl (C=O) groups excluding carboxylic acids is 2. The average Bonchev–Trinajstić information content (AvgIpc) is 3.26. The standard InChI is InChI=1S/C25H39NO4/c1-2-3-4-5-6-7-8-9-10-14-20-29-24(27)23-18-15-19-26(23)25(28)30-21-22-16-12-11-13-17-22/h11-13,16-17,23H,2-10,14-15,18-21H2,1H3. The number of esters is 1. The molecule has 168 valence electrons. The van der Waals surface area contributed by atoms with E-state index in [1.54, 1.807) is 0 Å². The number of amides is 1. The lowest BCUT2D eigenvalue weighted by molar-refractivity contribution is -0.148. The van der Waals surface area contributed by atoms with E-state index in [4.69, 9.17) is 9.47 Å². The van der Waals surface area contributed by atoms with Crippen molar-refractivity contribution in [1.82, 2.24) is 4.90 Å². The van der Waals surface area contributed by atoms with Crippen LogP contribution >= 0.6 is 0 Å². The van der Waals surface area contributed by atoms with Crippen molar-refractivity contribution < 1.29 is 19.1 Å². The maximum absolute atomic E-state index is 12.4. The van der Waals surface area contributed by atoms with Crippen molar-refractivity contribution in [3.8, 4) is 0 Å². The van der Waals surface area contributed by atoms with E-state index < -0.39 is 12.1 Å². The number of benzene rings is 1. The monoisotopic (exact) mass is 417 g/mol. The molecule has 1 fully saturated rings. The summed E-state index contributed by atoms with van der Waals surface area (Å²) in [4.78, 5) is 26.3. The third kappa shape index (κ3) is 9.19. The largest absolute Gasteiger partial charge is 0.464 e. The molecule has 0 saturated carbocycles. The third-order valence-electron chi connectivity index (χ3n) is 5.71. The van der Waals surface area contributed by atoms with Crippen molar-refractivity contribution in [2.24, 2.45) is 0 Å². The SMILES string of the molecule is CCCCCCCCCCCCOC(=O)C1CCCN1C(=O)OCc1ccccc1. The lowest BCUT2D eigenvalue weighted by Crippen LogP contribution is -2.41. The van der Waals surface area contributed by atoms with E-state index in [2.05, 4.69) is 6.92 Å². The molecule has 1 aliphatic heterocycles. The van der Waals surface area contributed by atoms with E-state index >= 15 is 0 Å². The van der Waals surface area contributed by atoms with Crippen molar-refractivity contribution in [1.29, 1.82) is 0 Å². The molecule has 1 aromatic rings. The molecule has 1 unspecified atom stereocenters. The van der Waals surface area contributed by atoms with Gasteiger partial charge >= 0.3 is 12.1 Å². The van der Waals surface area contributed by atoms with Crippen LogP contribution in [0.2, 0.25) is 0 Å². The van der Waals surface area contributed by atoms with E-state index in [1.807, 2.05) is 30.3 Å². The minimum absolute atomic E-state index is 0.219. The first-order valence-corrected chi connectivity index (χ1v) is 11.9. The van der Waals surface area contributed by atoms with Gasteiger partial charge in [0.1, 0.15) is 12.6 Å². The highest BCUT2D eigenvalue weighted by atomic mass is 16.6. The predicted octanol–water partition coefficient (Wildman–Crippen LogP) is 6.25. The zero-order valence-electron chi connectivity index (χ0n) is 18.7. The molecule has 0 aliphatic carbocycles. The van der Waals surface area contributed by atoms with Crippen LogP contribution in [0.4, 0.5) is 4.79 Å². The first-order valence-electron chi connectivity index (χ1n) is 11.9. The lowest BCUT2D eigenvalue weighted by atomic mass is 10.1. The Hall–Kier alpha value is -2.04. The molecule has 0 N–H and O–H groups in total. The maximum atomic E-state index is 12.4. The minimum atomic E-state index is -0.503. The summed E-state index contributed by atoms with van der Waals surface area (Å²) in [6.45, 7) is 3.45. The second-order valence-corrected chi connectivity index (χ2v) is 8.24. The Morgan fingerprint density at radius 1 is 0.900 bits per heavy atom. The molecule has 5 heteroatoms. The van der Waals surface area contributed by atoms with Crippen LogP contribution < -0.4 is 0 Å². The van der Waals surface area contributed by atoms with Gasteiger partial charge in [-0.2, -0.15) is 0 Å². The van der Waals surface area contributed by atoms with Crippen LogP contribution in [0, 0.1) is 0 Å². The molecule has 1 aromatic carbocycles. The number of unbranched alkanes of at least 4 members (excludes halogenated alkanes) is 9. The molecule has 0 spiro atoms. The highest BCUT2D eigenvalue weighted by Gasteiger charge is 2.36. The van der Waals surface area contributed by atoms with Crippen LogP contribution in [0.3, 0.4) is 0 Å². The summed E-state index contributed by atoms with van der Waals surface area (Å²) in [6, 6.07) is 9.06. The maximum Gasteiger partial charge on any atom is 0.410 e. The molecule has 1 heterocycles. The van der Waals surface area contributed by atoms with Crippen LogP contribution in [0.1, 0.15) is 89.5 Å². The van der Waals surface area contributed by atoms with Gasteiger partial charge in [-0.1, -0.05) is 95.0 Å². The topological polar surface area (TPSA) is 55.8 Å². The van der Waals surface area contributed by atoms with Gasteiger partial charge in [0.2, 0.25) is 0 Å². The van der Waals surface area contributed by atoms with E-state index in [0.717, 1.165) is 24.8 Å². The number of ether oxygens (including phenoxy) is 2. The molecule has 0 aromatic heterocycles. The smallest absolute Gasteiger partial charge is 0.410 e. The number of likely N-dealkylation sites (tertiary alicyclic amines) is 1. The van der Waals surface area contributed by atoms with Gasteiger partial charge in [0.05, 0.1) is 6.61 Å². The van der Waals surface area contributed by atoms with Gasteiger partial charge in [0.25, 0.3) is 0 Å². The van der Waals surface area contributed by atoms with Gasteiger partial charge < -0.3 is 9.47 Å². The number of hydrogen-bond donors (Lipinski definition) is 0. The number of carbonyl (C=O) groups is 2. The molecular formula is C25H39NO4. The molecule has 1 atom stereocenters. The van der Waals surface area contributed by atoms with E-state index in [-0.39, 0.29) is 12.6 Å². The first-order chi connectivity index (χ1) is 14.7. The molecule has 0 bridgehead atoms. The van der Waals surface area contributed by atoms with Gasteiger partial charge in [0.15, 0.2) is 0 Å².